The standard InChI is InChI=1S/C13H16N2O2S/c1-17-12-3-2-10(13(16)6-12)7-14-5-4-11-8-18-9-15-11/h2-3,6,8-9,14,16H,4-5,7H2,1H3. The summed E-state index contributed by atoms with van der Waals surface area (Å²) in [6.07, 6.45) is 0.903. The third-order valence-electron chi connectivity index (χ3n) is 2.65. The highest BCUT2D eigenvalue weighted by atomic mass is 32.1. The molecule has 0 amide bonds. The maximum atomic E-state index is 9.78. The van der Waals surface area contributed by atoms with E-state index in [2.05, 4.69) is 10.3 Å². The normalized spacial score (nSPS) is 10.5. The van der Waals surface area contributed by atoms with E-state index in [1.807, 2.05) is 23.0 Å². The topological polar surface area (TPSA) is 54.4 Å². The summed E-state index contributed by atoms with van der Waals surface area (Å²) in [5, 5.41) is 15.1. The molecule has 1 aromatic heterocycles. The molecule has 0 bridgehead atoms. The average molecular weight is 264 g/mol. The van der Waals surface area contributed by atoms with Gasteiger partial charge < -0.3 is 15.2 Å². The smallest absolute Gasteiger partial charge is 0.123 e. The first-order valence-electron chi connectivity index (χ1n) is 5.73. The Morgan fingerprint density at radius 2 is 2.33 bits per heavy atom. The lowest BCUT2D eigenvalue weighted by molar-refractivity contribution is 0.406. The molecule has 2 rings (SSSR count). The number of ether oxygens (including phenoxy) is 1. The Morgan fingerprint density at radius 3 is 3.00 bits per heavy atom. The van der Waals surface area contributed by atoms with E-state index in [1.54, 1.807) is 24.5 Å². The lowest BCUT2D eigenvalue weighted by Gasteiger charge is -2.07. The first-order chi connectivity index (χ1) is 8.79. The molecule has 0 spiro atoms. The van der Waals surface area contributed by atoms with E-state index < -0.39 is 0 Å². The van der Waals surface area contributed by atoms with Crippen molar-refractivity contribution in [2.45, 2.75) is 13.0 Å². The number of nitrogens with zero attached hydrogens (tertiary/aromatic N) is 1. The van der Waals surface area contributed by atoms with Crippen molar-refractivity contribution in [2.24, 2.45) is 0 Å². The molecule has 1 heterocycles. The molecule has 0 aliphatic rings. The molecule has 0 atom stereocenters. The van der Waals surface area contributed by atoms with Crippen LogP contribution in [0.3, 0.4) is 0 Å². The number of thiazole rings is 1. The number of methoxy groups -OCH3 is 1. The van der Waals surface area contributed by atoms with Crippen LogP contribution in [0.25, 0.3) is 0 Å². The quantitative estimate of drug-likeness (QED) is 0.785. The SMILES string of the molecule is COc1ccc(CNCCc2cscn2)c(O)c1. The molecule has 4 nitrogen and oxygen atoms in total. The molecule has 2 aromatic rings. The van der Waals surface area contributed by atoms with Crippen LogP contribution in [0.5, 0.6) is 11.5 Å². The van der Waals surface area contributed by atoms with E-state index >= 15 is 0 Å². The maximum Gasteiger partial charge on any atom is 0.123 e. The minimum absolute atomic E-state index is 0.260. The summed E-state index contributed by atoms with van der Waals surface area (Å²) in [6.45, 7) is 1.48. The first-order valence-corrected chi connectivity index (χ1v) is 6.67. The number of rotatable bonds is 6. The van der Waals surface area contributed by atoms with Gasteiger partial charge in [-0.25, -0.2) is 4.98 Å². The van der Waals surface area contributed by atoms with E-state index in [0.717, 1.165) is 24.2 Å². The van der Waals surface area contributed by atoms with E-state index in [4.69, 9.17) is 4.74 Å². The molecule has 0 aliphatic carbocycles. The van der Waals surface area contributed by atoms with Gasteiger partial charge in [-0.05, 0) is 6.07 Å². The maximum absolute atomic E-state index is 9.78. The van der Waals surface area contributed by atoms with Crippen molar-refractivity contribution < 1.29 is 9.84 Å². The van der Waals surface area contributed by atoms with E-state index in [-0.39, 0.29) is 5.75 Å². The van der Waals surface area contributed by atoms with Gasteiger partial charge in [0.05, 0.1) is 18.3 Å². The summed E-state index contributed by atoms with van der Waals surface area (Å²) in [4.78, 5) is 4.21. The van der Waals surface area contributed by atoms with Crippen molar-refractivity contribution in [2.75, 3.05) is 13.7 Å². The van der Waals surface area contributed by atoms with Crippen molar-refractivity contribution in [1.82, 2.24) is 10.3 Å². The molecule has 0 saturated heterocycles. The molecule has 0 fully saturated rings. The molecule has 5 heteroatoms. The Bertz CT molecular complexity index is 486. The van der Waals surface area contributed by atoms with E-state index in [0.29, 0.717) is 12.3 Å². The molecular formula is C13H16N2O2S. The van der Waals surface area contributed by atoms with Crippen LogP contribution in [-0.4, -0.2) is 23.7 Å². The predicted molar refractivity (Wildman–Crippen MR) is 72.2 cm³/mol. The van der Waals surface area contributed by atoms with Gasteiger partial charge in [0.1, 0.15) is 11.5 Å². The van der Waals surface area contributed by atoms with E-state index in [9.17, 15) is 5.11 Å². The average Bonchev–Trinajstić information content (AvgIpc) is 2.89. The van der Waals surface area contributed by atoms with Gasteiger partial charge in [0, 0.05) is 36.5 Å². The lowest BCUT2D eigenvalue weighted by atomic mass is 10.2. The summed E-state index contributed by atoms with van der Waals surface area (Å²) >= 11 is 1.61. The fourth-order valence-electron chi connectivity index (χ4n) is 1.62. The van der Waals surface area contributed by atoms with Gasteiger partial charge in [-0.1, -0.05) is 6.07 Å². The van der Waals surface area contributed by atoms with Gasteiger partial charge in [-0.2, -0.15) is 0 Å². The highest BCUT2D eigenvalue weighted by molar-refractivity contribution is 7.07. The number of hydrogen-bond acceptors (Lipinski definition) is 5. The largest absolute Gasteiger partial charge is 0.507 e. The summed E-state index contributed by atoms with van der Waals surface area (Å²) < 4.78 is 5.04. The minimum atomic E-state index is 0.260. The fraction of sp³-hybridized carbons (Fsp3) is 0.308. The van der Waals surface area contributed by atoms with Crippen molar-refractivity contribution in [1.29, 1.82) is 0 Å². The fourth-order valence-corrected chi connectivity index (χ4v) is 2.21. The van der Waals surface area contributed by atoms with Gasteiger partial charge in [0.25, 0.3) is 0 Å². The number of nitrogens with one attached hydrogen (secondary N) is 1. The second-order valence-electron chi connectivity index (χ2n) is 3.90. The summed E-state index contributed by atoms with van der Waals surface area (Å²) in [5.41, 5.74) is 3.81. The Labute approximate surface area is 110 Å². The van der Waals surface area contributed by atoms with Gasteiger partial charge in [0.2, 0.25) is 0 Å². The van der Waals surface area contributed by atoms with Crippen molar-refractivity contribution in [3.05, 3.63) is 40.3 Å². The van der Waals surface area contributed by atoms with Crippen molar-refractivity contribution in [3.8, 4) is 11.5 Å². The molecule has 96 valence electrons. The molecule has 1 aromatic carbocycles. The number of aromatic nitrogens is 1. The number of phenols is 1. The molecule has 18 heavy (non-hydrogen) atoms. The van der Waals surface area contributed by atoms with Crippen LogP contribution < -0.4 is 10.1 Å². The van der Waals surface area contributed by atoms with Gasteiger partial charge >= 0.3 is 0 Å². The van der Waals surface area contributed by atoms with Crippen LogP contribution in [0.4, 0.5) is 0 Å². The van der Waals surface area contributed by atoms with Gasteiger partial charge in [-0.3, -0.25) is 0 Å². The highest BCUT2D eigenvalue weighted by Gasteiger charge is 2.02. The third kappa shape index (κ3) is 3.45. The molecule has 0 saturated carbocycles. The van der Waals surface area contributed by atoms with Crippen LogP contribution in [0.1, 0.15) is 11.3 Å². The zero-order valence-corrected chi connectivity index (χ0v) is 11.0. The van der Waals surface area contributed by atoms with Crippen LogP contribution in [-0.2, 0) is 13.0 Å². The highest BCUT2D eigenvalue weighted by Crippen LogP contribution is 2.22. The predicted octanol–water partition coefficient (Wildman–Crippen LogP) is 2.19. The molecule has 2 N–H and O–H groups in total. The lowest BCUT2D eigenvalue weighted by Crippen LogP contribution is -2.16. The number of benzene rings is 1. The number of hydrogen-bond donors (Lipinski definition) is 2. The van der Waals surface area contributed by atoms with E-state index in [1.165, 1.54) is 0 Å². The monoisotopic (exact) mass is 264 g/mol. The van der Waals surface area contributed by atoms with Crippen LogP contribution in [0.2, 0.25) is 0 Å². The Kier molecular flexibility index (Phi) is 4.55. The molecule has 0 aliphatic heterocycles. The molecule has 0 radical (unpaired) electrons. The Balaban J connectivity index is 1.79. The summed E-state index contributed by atoms with van der Waals surface area (Å²) in [5.74, 6) is 0.925. The zero-order chi connectivity index (χ0) is 12.8. The molecular weight excluding hydrogens is 248 g/mol. The van der Waals surface area contributed by atoms with Gasteiger partial charge in [0.15, 0.2) is 0 Å². The van der Waals surface area contributed by atoms with Crippen LogP contribution >= 0.6 is 11.3 Å². The van der Waals surface area contributed by atoms with Crippen molar-refractivity contribution >= 4 is 11.3 Å². The van der Waals surface area contributed by atoms with Crippen molar-refractivity contribution in [3.63, 3.8) is 0 Å². The summed E-state index contributed by atoms with van der Waals surface area (Å²) in [7, 11) is 1.58. The first kappa shape index (κ1) is 12.9. The number of phenolic OH excluding ortho intramolecular Hbond substituents is 1. The Hall–Kier alpha value is -1.59. The van der Waals surface area contributed by atoms with Gasteiger partial charge in [-0.15, -0.1) is 11.3 Å². The van der Waals surface area contributed by atoms with Crippen LogP contribution in [0.15, 0.2) is 29.1 Å². The second-order valence-corrected chi connectivity index (χ2v) is 4.62. The zero-order valence-electron chi connectivity index (χ0n) is 10.2. The minimum Gasteiger partial charge on any atom is -0.507 e. The second kappa shape index (κ2) is 6.37. The Morgan fingerprint density at radius 1 is 1.44 bits per heavy atom. The molecule has 0 unspecified atom stereocenters. The number of aromatic hydroxyl groups is 1. The third-order valence-corrected chi connectivity index (χ3v) is 3.28. The van der Waals surface area contributed by atoms with Crippen LogP contribution in [0, 0.1) is 0 Å². The summed E-state index contributed by atoms with van der Waals surface area (Å²) in [6, 6.07) is 5.33.